The van der Waals surface area contributed by atoms with Gasteiger partial charge < -0.3 is 96.7 Å². The zero-order valence-corrected chi connectivity index (χ0v) is 72.0. The van der Waals surface area contributed by atoms with E-state index in [9.17, 15) is 81.8 Å². The number of nitrogens with one attached hydrogen (secondary N) is 14. The summed E-state index contributed by atoms with van der Waals surface area (Å²) in [6.45, 7) is 32.8. The van der Waals surface area contributed by atoms with Crippen molar-refractivity contribution < 1.29 is 81.8 Å². The Morgan fingerprint density at radius 2 is 0.713 bits per heavy atom. The zero-order chi connectivity index (χ0) is 87.8. The summed E-state index contributed by atoms with van der Waals surface area (Å²) < 4.78 is 0. The summed E-state index contributed by atoms with van der Waals surface area (Å²) in [5, 5.41) is 47.2. The van der Waals surface area contributed by atoms with E-state index in [-0.39, 0.29) is 61.5 Å². The van der Waals surface area contributed by atoms with Crippen LogP contribution in [0.3, 0.4) is 0 Å². The lowest BCUT2D eigenvalue weighted by Crippen LogP contribution is -2.63. The minimum absolute atomic E-state index is 0.00963. The number of benzene rings is 1. The molecule has 1 aromatic carbocycles. The summed E-state index contributed by atoms with van der Waals surface area (Å²) in [6, 6.07) is -9.40. The highest BCUT2D eigenvalue weighted by molar-refractivity contribution is 7.80. The molecule has 0 aliphatic heterocycles. The molecule has 0 heterocycles. The fourth-order valence-corrected chi connectivity index (χ4v) is 12.5. The van der Waals surface area contributed by atoms with Crippen LogP contribution in [0.15, 0.2) is 30.3 Å². The lowest BCUT2D eigenvalue weighted by molar-refractivity contribution is -0.143. The van der Waals surface area contributed by atoms with Crippen molar-refractivity contribution in [2.45, 2.75) is 300 Å². The van der Waals surface area contributed by atoms with E-state index in [0.29, 0.717) is 57.1 Å². The van der Waals surface area contributed by atoms with E-state index in [0.717, 1.165) is 0 Å². The number of carboxylic acid groups (broad SMARTS) is 1. The topological polar surface area (TPSA) is 540 Å². The minimum atomic E-state index is -1.59. The molecule has 1 aromatic rings. The molecule has 0 bridgehead atoms. The van der Waals surface area contributed by atoms with Gasteiger partial charge in [0, 0.05) is 12.2 Å². The van der Waals surface area contributed by atoms with Gasteiger partial charge in [-0.15, -0.1) is 0 Å². The van der Waals surface area contributed by atoms with Gasteiger partial charge in [0.1, 0.15) is 78.5 Å². The summed E-state index contributed by atoms with van der Waals surface area (Å²) in [4.78, 5) is 222. The van der Waals surface area contributed by atoms with Crippen LogP contribution >= 0.6 is 12.6 Å². The molecule has 0 aliphatic rings. The van der Waals surface area contributed by atoms with Crippen molar-refractivity contribution in [1.29, 1.82) is 0 Å². The molecule has 0 spiro atoms. The number of rotatable bonds is 55. The number of carbonyl (C=O) groups is 16. The van der Waals surface area contributed by atoms with E-state index in [1.165, 1.54) is 6.92 Å². The molecule has 1 rings (SSSR count). The van der Waals surface area contributed by atoms with Gasteiger partial charge in [0.15, 0.2) is 0 Å². The monoisotopic (exact) mass is 1640 g/mol. The van der Waals surface area contributed by atoms with Crippen LogP contribution in [0.1, 0.15) is 214 Å². The van der Waals surface area contributed by atoms with Crippen molar-refractivity contribution in [3.8, 4) is 0 Å². The maximum atomic E-state index is 14.8. The maximum absolute atomic E-state index is 14.8. The zero-order valence-electron chi connectivity index (χ0n) is 71.1. The fourth-order valence-electron chi connectivity index (χ4n) is 12.2. The molecule has 0 unspecified atom stereocenters. The Kier molecular flexibility index (Phi) is 48.2. The molecule has 35 heteroatoms. The van der Waals surface area contributed by atoms with Gasteiger partial charge in [0.05, 0.1) is 19.0 Å². The van der Waals surface area contributed by atoms with E-state index in [4.69, 9.17) is 17.2 Å². The minimum Gasteiger partial charge on any atom is -0.480 e. The molecule has 18 atom stereocenters. The molecular formula is C80H139N17O17S. The lowest BCUT2D eigenvalue weighted by atomic mass is 9.93. The first-order valence-corrected chi connectivity index (χ1v) is 41.3. The van der Waals surface area contributed by atoms with E-state index in [1.54, 1.807) is 106 Å². The summed E-state index contributed by atoms with van der Waals surface area (Å²) in [5.41, 5.74) is 17.5. The van der Waals surface area contributed by atoms with Crippen molar-refractivity contribution in [3.05, 3.63) is 35.9 Å². The van der Waals surface area contributed by atoms with Crippen LogP contribution in [0.5, 0.6) is 0 Å². The largest absolute Gasteiger partial charge is 0.480 e. The molecule has 0 saturated carbocycles. The summed E-state index contributed by atoms with van der Waals surface area (Å²) in [6.07, 6.45) is 2.50. The number of aliphatic carboxylic acids is 1. The van der Waals surface area contributed by atoms with E-state index < -0.39 is 222 Å². The van der Waals surface area contributed by atoms with Crippen LogP contribution in [0, 0.1) is 53.3 Å². The Balaban J connectivity index is 3.51. The predicted molar refractivity (Wildman–Crippen MR) is 441 cm³/mol. The van der Waals surface area contributed by atoms with Gasteiger partial charge in [-0.2, -0.15) is 12.6 Å². The van der Waals surface area contributed by atoms with Crippen LogP contribution in [-0.2, 0) is 83.1 Å². The van der Waals surface area contributed by atoms with Gasteiger partial charge in [0.25, 0.3) is 0 Å². The number of carbonyl (C=O) groups excluding carboxylic acids is 15. The lowest BCUT2D eigenvalue weighted by Gasteiger charge is -2.32. The van der Waals surface area contributed by atoms with Crippen molar-refractivity contribution >= 4 is 107 Å². The first kappa shape index (κ1) is 104. The molecular weight excluding hydrogens is 1500 g/mol. The van der Waals surface area contributed by atoms with Gasteiger partial charge in [0.2, 0.25) is 88.6 Å². The third-order valence-corrected chi connectivity index (χ3v) is 20.4. The molecule has 0 aliphatic carbocycles. The van der Waals surface area contributed by atoms with Crippen LogP contribution in [-0.4, -0.2) is 203 Å². The van der Waals surface area contributed by atoms with E-state index in [2.05, 4.69) is 87.1 Å². The van der Waals surface area contributed by atoms with Crippen LogP contribution < -0.4 is 91.6 Å². The van der Waals surface area contributed by atoms with Gasteiger partial charge in [-0.1, -0.05) is 187 Å². The SMILES string of the molecule is CC[C@H](C)[C@H](NC(=O)[C@H](C)NC(=O)[C@H](CC(C)C)NC(=O)[C@H](CC(N)=O)NC(=O)CNC(=O)[C@@H](N)CCCCN)C(=O)N[C@@H](CS)C(=O)N[C@H](C(=O)N[C@H](C(=O)N[C@H](C(=O)N[C@@H](CC(C)C)C(=O)N[C@@H](CC(C)C)C(=O)N[C@@H](Cc1ccccc1)C(=O)N[C@H](C(=O)N[C@@H](CC(C)C)C(=O)O)[C@@H](C)CC)[C@@H](C)CC)[C@@H](C)CC)C(C)C. The standard InChI is InChI=1S/C80H139N17O17S/c1-20-46(15)63(94-67(100)50(19)85-69(102)53(33-41(5)6)87-72(105)57(38-60(83)98)86-61(99)39-84-68(101)52(82)31-27-28-32-81)78(111)92-59(40-115)74(107)93-62(45(13)14)75(108)96-66(49(18)23-4)79(112)97-65(48(17)22-3)76(109)90-55(35-43(9)10)71(104)88-54(34-42(7)8)70(103)89-56(37-51-29-25-24-26-30-51)73(106)95-64(47(16)21-2)77(110)91-58(80(113)114)36-44(11)12/h24-26,29-30,41-50,52-59,62-66,115H,20-23,27-28,31-40,81-82H2,1-19H3,(H2,83,98)(H,84,101)(H,85,102)(H,86,99)(H,87,105)(H,88,104)(H,89,103)(H,90,109)(H,91,110)(H,92,111)(H,93,107)(H,94,100)(H,95,106)(H,96,108)(H,97,112)(H,113,114)/t46-,47-,48-,49-,50-,52-,53-,54-,55-,56-,57-,58-,59-,62-,63-,64-,65-,66-/m0/s1. The number of amides is 15. The second-order valence-corrected chi connectivity index (χ2v) is 32.8. The molecule has 0 radical (unpaired) electrons. The predicted octanol–water partition coefficient (Wildman–Crippen LogP) is 1.04. The number of hydrogen-bond acceptors (Lipinski definition) is 19. The van der Waals surface area contributed by atoms with Crippen LogP contribution in [0.25, 0.3) is 0 Å². The first-order valence-electron chi connectivity index (χ1n) is 40.6. The third-order valence-electron chi connectivity index (χ3n) is 20.0. The highest BCUT2D eigenvalue weighted by Crippen LogP contribution is 2.19. The summed E-state index contributed by atoms with van der Waals surface area (Å²) in [7, 11) is 0. The quantitative estimate of drug-likeness (QED) is 0.0320. The van der Waals surface area contributed by atoms with E-state index in [1.807, 2.05) is 48.5 Å². The number of nitrogens with two attached hydrogens (primary N) is 3. The Hall–Kier alpha value is -8.99. The molecule has 34 nitrogen and oxygen atoms in total. The number of carboxylic acids is 1. The number of hydrogen-bond donors (Lipinski definition) is 19. The second kappa shape index (κ2) is 53.3. The number of thiol groups is 1. The van der Waals surface area contributed by atoms with Crippen LogP contribution in [0.4, 0.5) is 0 Å². The first-order chi connectivity index (χ1) is 53.8. The maximum Gasteiger partial charge on any atom is 0.326 e. The van der Waals surface area contributed by atoms with Crippen molar-refractivity contribution in [2.24, 2.45) is 70.5 Å². The second-order valence-electron chi connectivity index (χ2n) is 32.4. The molecule has 0 fully saturated rings. The number of unbranched alkanes of at least 4 members (excludes halogenated alkanes) is 1. The number of primary amides is 1. The molecule has 652 valence electrons. The highest BCUT2D eigenvalue weighted by Gasteiger charge is 2.41. The Bertz CT molecular complexity index is 3350. The van der Waals surface area contributed by atoms with E-state index >= 15 is 0 Å². The van der Waals surface area contributed by atoms with Gasteiger partial charge >= 0.3 is 5.97 Å². The highest BCUT2D eigenvalue weighted by atomic mass is 32.1. The Morgan fingerprint density at radius 3 is 1.10 bits per heavy atom. The molecule has 0 aromatic heterocycles. The average Bonchev–Trinajstić information content (AvgIpc) is 0.842. The summed E-state index contributed by atoms with van der Waals surface area (Å²) in [5.74, 6) is -17.2. The van der Waals surface area contributed by atoms with Gasteiger partial charge in [-0.3, -0.25) is 71.9 Å². The molecule has 21 N–H and O–H groups in total. The molecule has 15 amide bonds. The summed E-state index contributed by atoms with van der Waals surface area (Å²) >= 11 is 4.36. The Morgan fingerprint density at radius 1 is 0.383 bits per heavy atom. The fraction of sp³-hybridized carbons (Fsp3) is 0.725. The Labute approximate surface area is 685 Å². The average molecular weight is 1640 g/mol. The third kappa shape index (κ3) is 38.1. The van der Waals surface area contributed by atoms with Crippen molar-refractivity contribution in [2.75, 3.05) is 18.8 Å². The normalized spacial score (nSPS) is 16.2. The van der Waals surface area contributed by atoms with Gasteiger partial charge in [-0.25, -0.2) is 4.79 Å². The smallest absolute Gasteiger partial charge is 0.326 e. The van der Waals surface area contributed by atoms with Crippen LogP contribution in [0.2, 0.25) is 0 Å². The van der Waals surface area contributed by atoms with Gasteiger partial charge in [-0.05, 0) is 111 Å². The van der Waals surface area contributed by atoms with Crippen molar-refractivity contribution in [1.82, 2.24) is 74.4 Å². The van der Waals surface area contributed by atoms with Crippen molar-refractivity contribution in [3.63, 3.8) is 0 Å². The molecule has 115 heavy (non-hydrogen) atoms. The molecule has 0 saturated heterocycles.